The number of aromatic nitrogens is 2. The van der Waals surface area contributed by atoms with Crippen molar-refractivity contribution in [2.75, 3.05) is 6.61 Å². The molecule has 6 heteroatoms. The van der Waals surface area contributed by atoms with Crippen LogP contribution in [0.5, 0.6) is 0 Å². The highest BCUT2D eigenvalue weighted by atomic mass is 32.2. The van der Waals surface area contributed by atoms with Gasteiger partial charge in [0.2, 0.25) is 5.91 Å². The summed E-state index contributed by atoms with van der Waals surface area (Å²) in [4.78, 5) is 20.3. The summed E-state index contributed by atoms with van der Waals surface area (Å²) in [5, 5.41) is 3.41. The van der Waals surface area contributed by atoms with Gasteiger partial charge in [-0.25, -0.2) is 9.97 Å². The number of nitrogens with zero attached hydrogens (tertiary/aromatic N) is 2. The fraction of sp³-hybridized carbons (Fsp3) is 0.615. The fourth-order valence-electron chi connectivity index (χ4n) is 1.99. The van der Waals surface area contributed by atoms with Crippen LogP contribution in [0.3, 0.4) is 0 Å². The van der Waals surface area contributed by atoms with Crippen LogP contribution < -0.4 is 5.32 Å². The van der Waals surface area contributed by atoms with Gasteiger partial charge in [0.05, 0.1) is 17.4 Å². The number of hydrogen-bond donors (Lipinski definition) is 1. The molecule has 0 unspecified atom stereocenters. The molecule has 104 valence electrons. The normalized spacial score (nSPS) is 21.9. The smallest absolute Gasteiger partial charge is 0.233 e. The molecule has 0 aliphatic carbocycles. The standard InChI is InChI=1S/C13H19N3O2S/c1-9(11-5-3-8-18-11)16-12(17)10(2)19-13-14-6-4-7-15-13/h4,6-7,9-11H,3,5,8H2,1-2H3,(H,16,17)/t9-,10-,11+/m0/s1. The van der Waals surface area contributed by atoms with Crippen molar-refractivity contribution < 1.29 is 9.53 Å². The highest BCUT2D eigenvalue weighted by Gasteiger charge is 2.25. The summed E-state index contributed by atoms with van der Waals surface area (Å²) in [5.41, 5.74) is 0. The zero-order valence-corrected chi connectivity index (χ0v) is 12.0. The summed E-state index contributed by atoms with van der Waals surface area (Å²) < 4.78 is 5.57. The van der Waals surface area contributed by atoms with Gasteiger partial charge in [-0.3, -0.25) is 4.79 Å². The molecule has 19 heavy (non-hydrogen) atoms. The predicted octanol–water partition coefficient (Wildman–Crippen LogP) is 1.64. The van der Waals surface area contributed by atoms with Gasteiger partial charge in [0.25, 0.3) is 0 Å². The van der Waals surface area contributed by atoms with Gasteiger partial charge in [0.1, 0.15) is 0 Å². The Morgan fingerprint density at radius 2 is 2.21 bits per heavy atom. The highest BCUT2D eigenvalue weighted by molar-refractivity contribution is 8.00. The van der Waals surface area contributed by atoms with Crippen molar-refractivity contribution in [1.29, 1.82) is 0 Å². The number of carbonyl (C=O) groups is 1. The molecule has 0 bridgehead atoms. The molecule has 0 saturated carbocycles. The zero-order chi connectivity index (χ0) is 13.7. The number of nitrogens with one attached hydrogen (secondary N) is 1. The molecule has 1 fully saturated rings. The van der Waals surface area contributed by atoms with Gasteiger partial charge in [-0.15, -0.1) is 0 Å². The molecule has 2 rings (SSSR count). The summed E-state index contributed by atoms with van der Waals surface area (Å²) in [6, 6.07) is 1.81. The minimum atomic E-state index is -0.216. The Morgan fingerprint density at radius 3 is 2.84 bits per heavy atom. The van der Waals surface area contributed by atoms with Gasteiger partial charge >= 0.3 is 0 Å². The Labute approximate surface area is 117 Å². The average molecular weight is 281 g/mol. The van der Waals surface area contributed by atoms with E-state index < -0.39 is 0 Å². The number of hydrogen-bond acceptors (Lipinski definition) is 5. The van der Waals surface area contributed by atoms with Gasteiger partial charge in [-0.1, -0.05) is 11.8 Å². The van der Waals surface area contributed by atoms with E-state index in [1.165, 1.54) is 11.8 Å². The molecule has 5 nitrogen and oxygen atoms in total. The average Bonchev–Trinajstić information content (AvgIpc) is 2.93. The van der Waals surface area contributed by atoms with E-state index in [0.717, 1.165) is 19.4 Å². The maximum Gasteiger partial charge on any atom is 0.233 e. The van der Waals surface area contributed by atoms with Crippen LogP contribution in [0.25, 0.3) is 0 Å². The second-order valence-electron chi connectivity index (χ2n) is 4.64. The maximum atomic E-state index is 12.1. The Kier molecular flexibility index (Phi) is 5.15. The van der Waals surface area contributed by atoms with Crippen molar-refractivity contribution in [1.82, 2.24) is 15.3 Å². The van der Waals surface area contributed by atoms with Crippen molar-refractivity contribution in [2.45, 2.75) is 49.2 Å². The van der Waals surface area contributed by atoms with E-state index in [-0.39, 0.29) is 23.3 Å². The molecule has 0 radical (unpaired) electrons. The van der Waals surface area contributed by atoms with Crippen LogP contribution in [0.4, 0.5) is 0 Å². The topological polar surface area (TPSA) is 64.1 Å². The molecule has 0 aromatic carbocycles. The summed E-state index contributed by atoms with van der Waals surface area (Å²) >= 11 is 1.36. The van der Waals surface area contributed by atoms with Gasteiger partial charge < -0.3 is 10.1 Å². The molecule has 3 atom stereocenters. The summed E-state index contributed by atoms with van der Waals surface area (Å²) in [7, 11) is 0. The first-order valence-electron chi connectivity index (χ1n) is 6.52. The van der Waals surface area contributed by atoms with Crippen LogP contribution in [-0.2, 0) is 9.53 Å². The van der Waals surface area contributed by atoms with Gasteiger partial charge in [-0.05, 0) is 32.8 Å². The van der Waals surface area contributed by atoms with E-state index in [0.29, 0.717) is 5.16 Å². The number of carbonyl (C=O) groups excluding carboxylic acids is 1. The molecule has 1 aromatic rings. The third kappa shape index (κ3) is 4.18. The van der Waals surface area contributed by atoms with Crippen LogP contribution in [0.1, 0.15) is 26.7 Å². The second kappa shape index (κ2) is 6.86. The van der Waals surface area contributed by atoms with Crippen molar-refractivity contribution in [3.05, 3.63) is 18.5 Å². The zero-order valence-electron chi connectivity index (χ0n) is 11.2. The van der Waals surface area contributed by atoms with Gasteiger partial charge in [0.15, 0.2) is 5.16 Å². The molecular weight excluding hydrogens is 262 g/mol. The molecule has 0 spiro atoms. The Bertz CT molecular complexity index is 410. The van der Waals surface area contributed by atoms with E-state index in [1.807, 2.05) is 13.8 Å². The molecule has 1 N–H and O–H groups in total. The first-order chi connectivity index (χ1) is 9.16. The minimum absolute atomic E-state index is 0.000420. The van der Waals surface area contributed by atoms with Crippen LogP contribution >= 0.6 is 11.8 Å². The van der Waals surface area contributed by atoms with Crippen molar-refractivity contribution in [3.8, 4) is 0 Å². The summed E-state index contributed by atoms with van der Waals surface area (Å²) in [5.74, 6) is 0.000420. The molecule has 1 saturated heterocycles. The maximum absolute atomic E-state index is 12.1. The summed E-state index contributed by atoms with van der Waals surface area (Å²) in [6.45, 7) is 4.65. The van der Waals surface area contributed by atoms with Crippen molar-refractivity contribution >= 4 is 17.7 Å². The first kappa shape index (κ1) is 14.3. The Hall–Kier alpha value is -1.14. The minimum Gasteiger partial charge on any atom is -0.376 e. The quantitative estimate of drug-likeness (QED) is 0.656. The molecule has 2 heterocycles. The lowest BCUT2D eigenvalue weighted by molar-refractivity contribution is -0.121. The number of amides is 1. The monoisotopic (exact) mass is 281 g/mol. The third-order valence-corrected chi connectivity index (χ3v) is 4.08. The molecule has 1 amide bonds. The van der Waals surface area contributed by atoms with E-state index in [4.69, 9.17) is 4.74 Å². The van der Waals surface area contributed by atoms with E-state index in [1.54, 1.807) is 18.5 Å². The van der Waals surface area contributed by atoms with E-state index >= 15 is 0 Å². The molecule has 1 aliphatic heterocycles. The van der Waals surface area contributed by atoms with Crippen LogP contribution in [-0.4, -0.2) is 39.9 Å². The summed E-state index contributed by atoms with van der Waals surface area (Å²) in [6.07, 6.45) is 5.59. The Morgan fingerprint density at radius 1 is 1.47 bits per heavy atom. The van der Waals surface area contributed by atoms with E-state index in [9.17, 15) is 4.79 Å². The van der Waals surface area contributed by atoms with Crippen molar-refractivity contribution in [2.24, 2.45) is 0 Å². The second-order valence-corrected chi connectivity index (χ2v) is 5.95. The molecule has 1 aromatic heterocycles. The fourth-order valence-corrected chi connectivity index (χ4v) is 2.72. The SMILES string of the molecule is C[C@H](Sc1ncccn1)C(=O)N[C@@H](C)[C@H]1CCCO1. The molecular formula is C13H19N3O2S. The predicted molar refractivity (Wildman–Crippen MR) is 73.9 cm³/mol. The highest BCUT2D eigenvalue weighted by Crippen LogP contribution is 2.20. The number of rotatable bonds is 5. The number of thioether (sulfide) groups is 1. The van der Waals surface area contributed by atoms with E-state index in [2.05, 4.69) is 15.3 Å². The third-order valence-electron chi connectivity index (χ3n) is 3.09. The lowest BCUT2D eigenvalue weighted by Gasteiger charge is -2.21. The Balaban J connectivity index is 1.82. The van der Waals surface area contributed by atoms with Crippen LogP contribution in [0.15, 0.2) is 23.6 Å². The lowest BCUT2D eigenvalue weighted by atomic mass is 10.1. The largest absolute Gasteiger partial charge is 0.376 e. The molecule has 1 aliphatic rings. The lowest BCUT2D eigenvalue weighted by Crippen LogP contribution is -2.44. The van der Waals surface area contributed by atoms with Gasteiger partial charge in [0, 0.05) is 19.0 Å². The number of ether oxygens (including phenoxy) is 1. The van der Waals surface area contributed by atoms with Crippen molar-refractivity contribution in [3.63, 3.8) is 0 Å². The first-order valence-corrected chi connectivity index (χ1v) is 7.40. The van der Waals surface area contributed by atoms with Gasteiger partial charge in [-0.2, -0.15) is 0 Å². The van der Waals surface area contributed by atoms with Crippen LogP contribution in [0, 0.1) is 0 Å². The van der Waals surface area contributed by atoms with Crippen LogP contribution in [0.2, 0.25) is 0 Å².